The highest BCUT2D eigenvalue weighted by molar-refractivity contribution is 5.93. The molecular formula is C25H33N3O4. The molecule has 1 aliphatic rings. The molecule has 2 aromatic carbocycles. The molecule has 0 saturated carbocycles. The molecule has 0 aromatic heterocycles. The molecule has 1 N–H and O–H groups in total. The third-order valence-electron chi connectivity index (χ3n) is 5.76. The van der Waals surface area contributed by atoms with Gasteiger partial charge in [-0.05, 0) is 42.5 Å². The predicted molar refractivity (Wildman–Crippen MR) is 125 cm³/mol. The summed E-state index contributed by atoms with van der Waals surface area (Å²) in [5.41, 5.74) is 2.99. The second-order valence-corrected chi connectivity index (χ2v) is 8.48. The van der Waals surface area contributed by atoms with E-state index in [2.05, 4.69) is 17.4 Å². The summed E-state index contributed by atoms with van der Waals surface area (Å²) in [5.74, 6) is 1.29. The van der Waals surface area contributed by atoms with Crippen LogP contribution in [-0.4, -0.2) is 55.6 Å². The minimum Gasteiger partial charge on any atom is -0.497 e. The van der Waals surface area contributed by atoms with Gasteiger partial charge < -0.3 is 24.6 Å². The molecule has 7 heteroatoms. The van der Waals surface area contributed by atoms with E-state index in [4.69, 9.17) is 9.47 Å². The van der Waals surface area contributed by atoms with Crippen molar-refractivity contribution in [2.75, 3.05) is 39.2 Å². The van der Waals surface area contributed by atoms with E-state index in [1.165, 1.54) is 18.2 Å². The monoisotopic (exact) mass is 439 g/mol. The first-order chi connectivity index (χ1) is 15.3. The number of benzene rings is 2. The van der Waals surface area contributed by atoms with Gasteiger partial charge >= 0.3 is 6.03 Å². The first-order valence-electron chi connectivity index (χ1n) is 11.0. The van der Waals surface area contributed by atoms with Crippen molar-refractivity contribution in [2.45, 2.75) is 33.2 Å². The highest BCUT2D eigenvalue weighted by atomic mass is 16.5. The van der Waals surface area contributed by atoms with Crippen LogP contribution >= 0.6 is 0 Å². The van der Waals surface area contributed by atoms with Gasteiger partial charge in [0.05, 0.1) is 25.9 Å². The molecule has 1 atom stereocenters. The van der Waals surface area contributed by atoms with E-state index >= 15 is 0 Å². The van der Waals surface area contributed by atoms with Crippen LogP contribution in [-0.2, 0) is 11.2 Å². The van der Waals surface area contributed by atoms with Crippen LogP contribution in [0.15, 0.2) is 42.5 Å². The number of ether oxygens (including phenoxy) is 2. The lowest BCUT2D eigenvalue weighted by Gasteiger charge is -2.37. The summed E-state index contributed by atoms with van der Waals surface area (Å²) < 4.78 is 10.6. The fraction of sp³-hybridized carbons (Fsp3) is 0.440. The number of amides is 3. The van der Waals surface area contributed by atoms with Crippen LogP contribution < -0.4 is 14.8 Å². The van der Waals surface area contributed by atoms with Crippen molar-refractivity contribution in [3.63, 3.8) is 0 Å². The summed E-state index contributed by atoms with van der Waals surface area (Å²) in [6, 6.07) is 13.1. The lowest BCUT2D eigenvalue weighted by molar-refractivity contribution is -0.134. The largest absolute Gasteiger partial charge is 0.497 e. The highest BCUT2D eigenvalue weighted by Crippen LogP contribution is 2.30. The maximum atomic E-state index is 13.2. The van der Waals surface area contributed by atoms with E-state index in [1.807, 2.05) is 37.8 Å². The first-order valence-corrected chi connectivity index (χ1v) is 11.0. The number of fused-ring (bicyclic) bond motifs is 1. The Labute approximate surface area is 190 Å². The molecule has 0 aliphatic carbocycles. The number of methoxy groups -OCH3 is 2. The molecule has 2 aromatic rings. The second kappa shape index (κ2) is 10.4. The minimum absolute atomic E-state index is 0.0157. The zero-order chi connectivity index (χ0) is 23.3. The summed E-state index contributed by atoms with van der Waals surface area (Å²) in [6.07, 6.45) is 0.825. The summed E-state index contributed by atoms with van der Waals surface area (Å²) in [4.78, 5) is 29.8. The number of carbonyl (C=O) groups is 2. The first kappa shape index (κ1) is 23.4. The molecule has 0 bridgehead atoms. The van der Waals surface area contributed by atoms with E-state index in [1.54, 1.807) is 30.2 Å². The summed E-state index contributed by atoms with van der Waals surface area (Å²) >= 11 is 0. The van der Waals surface area contributed by atoms with Gasteiger partial charge in [0.1, 0.15) is 18.0 Å². The number of hydrogen-bond donors (Lipinski definition) is 1. The molecule has 1 heterocycles. The van der Waals surface area contributed by atoms with E-state index in [-0.39, 0.29) is 30.4 Å². The minimum atomic E-state index is -0.333. The maximum Gasteiger partial charge on any atom is 0.322 e. The Morgan fingerprint density at radius 3 is 2.59 bits per heavy atom. The van der Waals surface area contributed by atoms with Crippen LogP contribution in [0.2, 0.25) is 0 Å². The molecular weight excluding hydrogens is 406 g/mol. The van der Waals surface area contributed by atoms with Gasteiger partial charge in [-0.2, -0.15) is 0 Å². The van der Waals surface area contributed by atoms with Crippen molar-refractivity contribution in [3.05, 3.63) is 53.6 Å². The van der Waals surface area contributed by atoms with Crippen molar-refractivity contribution in [2.24, 2.45) is 5.92 Å². The van der Waals surface area contributed by atoms with Gasteiger partial charge in [-0.3, -0.25) is 4.79 Å². The van der Waals surface area contributed by atoms with Crippen molar-refractivity contribution in [1.29, 1.82) is 0 Å². The van der Waals surface area contributed by atoms with E-state index in [0.29, 0.717) is 30.3 Å². The van der Waals surface area contributed by atoms with Crippen LogP contribution in [0.4, 0.5) is 10.5 Å². The average molecular weight is 440 g/mol. The standard InChI is InChI=1S/C25H33N3O4/c1-17(2)15-27(25(30)26-22-11-10-20(31-4)14-23(22)32-5)16-24(29)28-13-12-19-8-6-7-9-21(19)18(28)3/h6-11,14,17-18H,12-13,15-16H2,1-5H3,(H,26,30). The quantitative estimate of drug-likeness (QED) is 0.697. The van der Waals surface area contributed by atoms with Crippen LogP contribution in [0.5, 0.6) is 11.5 Å². The molecule has 1 unspecified atom stereocenters. The van der Waals surface area contributed by atoms with Gasteiger partial charge in [-0.1, -0.05) is 38.1 Å². The fourth-order valence-electron chi connectivity index (χ4n) is 4.12. The third kappa shape index (κ3) is 5.33. The normalized spacial score (nSPS) is 15.2. The van der Waals surface area contributed by atoms with Crippen LogP contribution in [0.3, 0.4) is 0 Å². The van der Waals surface area contributed by atoms with Crippen molar-refractivity contribution < 1.29 is 19.1 Å². The van der Waals surface area contributed by atoms with E-state index in [9.17, 15) is 9.59 Å². The summed E-state index contributed by atoms with van der Waals surface area (Å²) in [6.45, 7) is 7.24. The zero-order valence-corrected chi connectivity index (χ0v) is 19.6. The maximum absolute atomic E-state index is 13.2. The SMILES string of the molecule is COc1ccc(NC(=O)N(CC(=O)N2CCc3ccccc3C2C)CC(C)C)c(OC)c1. The highest BCUT2D eigenvalue weighted by Gasteiger charge is 2.29. The predicted octanol–water partition coefficient (Wildman–Crippen LogP) is 4.34. The zero-order valence-electron chi connectivity index (χ0n) is 19.6. The lowest BCUT2D eigenvalue weighted by atomic mass is 9.93. The molecule has 7 nitrogen and oxygen atoms in total. The molecule has 3 amide bonds. The molecule has 1 aliphatic heterocycles. The Hall–Kier alpha value is -3.22. The number of rotatable bonds is 7. The topological polar surface area (TPSA) is 71.1 Å². The Kier molecular flexibility index (Phi) is 7.62. The number of carbonyl (C=O) groups excluding carboxylic acids is 2. The molecule has 0 spiro atoms. The fourth-order valence-corrected chi connectivity index (χ4v) is 4.12. The number of hydrogen-bond acceptors (Lipinski definition) is 4. The van der Waals surface area contributed by atoms with Gasteiger partial charge in [0.25, 0.3) is 0 Å². The van der Waals surface area contributed by atoms with E-state index in [0.717, 1.165) is 6.42 Å². The lowest BCUT2D eigenvalue weighted by Crippen LogP contribution is -2.48. The molecule has 0 saturated heterocycles. The Morgan fingerprint density at radius 2 is 1.91 bits per heavy atom. The molecule has 0 radical (unpaired) electrons. The Balaban J connectivity index is 1.74. The van der Waals surface area contributed by atoms with Crippen LogP contribution in [0, 0.1) is 5.92 Å². The molecule has 172 valence electrons. The smallest absolute Gasteiger partial charge is 0.322 e. The van der Waals surface area contributed by atoms with Gasteiger partial charge in [-0.15, -0.1) is 0 Å². The molecule has 32 heavy (non-hydrogen) atoms. The third-order valence-corrected chi connectivity index (χ3v) is 5.76. The van der Waals surface area contributed by atoms with Gasteiger partial charge in [-0.25, -0.2) is 4.79 Å². The van der Waals surface area contributed by atoms with Crippen molar-refractivity contribution in [3.8, 4) is 11.5 Å². The van der Waals surface area contributed by atoms with Gasteiger partial charge in [0.15, 0.2) is 0 Å². The summed E-state index contributed by atoms with van der Waals surface area (Å²) in [7, 11) is 3.11. The second-order valence-electron chi connectivity index (χ2n) is 8.48. The summed E-state index contributed by atoms with van der Waals surface area (Å²) in [5, 5.41) is 2.89. The number of nitrogens with zero attached hydrogens (tertiary/aromatic N) is 2. The Bertz CT molecular complexity index is 960. The van der Waals surface area contributed by atoms with Crippen LogP contribution in [0.1, 0.15) is 37.9 Å². The van der Waals surface area contributed by atoms with Gasteiger partial charge in [0, 0.05) is 19.2 Å². The van der Waals surface area contributed by atoms with Crippen molar-refractivity contribution in [1.82, 2.24) is 9.80 Å². The van der Waals surface area contributed by atoms with E-state index < -0.39 is 0 Å². The molecule has 0 fully saturated rings. The number of nitrogens with one attached hydrogen (secondary N) is 1. The average Bonchev–Trinajstić information content (AvgIpc) is 2.78. The number of urea groups is 1. The van der Waals surface area contributed by atoms with Crippen molar-refractivity contribution >= 4 is 17.6 Å². The van der Waals surface area contributed by atoms with Crippen LogP contribution in [0.25, 0.3) is 0 Å². The number of anilines is 1. The Morgan fingerprint density at radius 1 is 1.16 bits per heavy atom. The van der Waals surface area contributed by atoms with Gasteiger partial charge in [0.2, 0.25) is 5.91 Å². The molecule has 3 rings (SSSR count).